The van der Waals surface area contributed by atoms with Crippen molar-refractivity contribution in [1.82, 2.24) is 5.32 Å². The molecular formula is C25H16N2O3S2. The van der Waals surface area contributed by atoms with Crippen molar-refractivity contribution in [3.63, 3.8) is 0 Å². The van der Waals surface area contributed by atoms with Crippen molar-refractivity contribution in [1.29, 1.82) is 0 Å². The largest absolute Gasteiger partial charge is 0.459 e. The van der Waals surface area contributed by atoms with E-state index in [0.29, 0.717) is 11.4 Å². The molecule has 7 heteroatoms. The van der Waals surface area contributed by atoms with Gasteiger partial charge < -0.3 is 9.32 Å². The van der Waals surface area contributed by atoms with E-state index in [1.54, 1.807) is 17.8 Å². The normalized spacial score (nSPS) is 16.4. The molecule has 0 saturated carbocycles. The summed E-state index contributed by atoms with van der Waals surface area (Å²) in [4.78, 5) is 28.4. The van der Waals surface area contributed by atoms with Gasteiger partial charge in [0.15, 0.2) is 0 Å². The van der Waals surface area contributed by atoms with Crippen molar-refractivity contribution in [2.45, 2.75) is 16.3 Å². The smallest absolute Gasteiger partial charge is 0.290 e. The number of furan rings is 1. The lowest BCUT2D eigenvalue weighted by atomic mass is 10.1. The van der Waals surface area contributed by atoms with Crippen LogP contribution in [0.3, 0.4) is 0 Å². The van der Waals surface area contributed by atoms with Crippen LogP contribution in [0.4, 0.5) is 16.2 Å². The molecule has 5 nitrogen and oxygen atoms in total. The third-order valence-electron chi connectivity index (χ3n) is 5.38. The molecule has 0 radical (unpaired) electrons. The molecule has 3 heterocycles. The number of hydrogen-bond acceptors (Lipinski definition) is 6. The minimum Gasteiger partial charge on any atom is -0.459 e. The molecule has 0 spiro atoms. The number of amides is 2. The number of carbonyl (C=O) groups excluding carboxylic acids is 2. The maximum absolute atomic E-state index is 11.8. The van der Waals surface area contributed by atoms with Crippen LogP contribution in [0.5, 0.6) is 0 Å². The second-order valence-electron chi connectivity index (χ2n) is 7.49. The summed E-state index contributed by atoms with van der Waals surface area (Å²) in [5, 5.41) is 2.90. The number of rotatable bonds is 3. The molecule has 2 amide bonds. The summed E-state index contributed by atoms with van der Waals surface area (Å²) >= 11 is 2.70. The molecule has 0 atom stereocenters. The number of nitrogens with one attached hydrogen (secondary N) is 1. The number of carbonyl (C=O) groups is 2. The van der Waals surface area contributed by atoms with Crippen LogP contribution in [0, 0.1) is 0 Å². The standard InChI is InChI=1S/C25H16N2O3S2/c28-24-23(32-25(29)26-24)12-15-9-10-20-16(11-15)13-17(30-20)14-27-18-5-1-3-7-21(18)31-22-8-4-2-6-19(22)27/h1-13H,14H2,(H,26,28,29)/b23-12-. The molecule has 1 saturated heterocycles. The van der Waals surface area contributed by atoms with Crippen LogP contribution >= 0.6 is 23.5 Å². The lowest BCUT2D eigenvalue weighted by Crippen LogP contribution is -2.19. The van der Waals surface area contributed by atoms with Crippen LogP contribution in [-0.4, -0.2) is 11.1 Å². The van der Waals surface area contributed by atoms with Gasteiger partial charge in [0.1, 0.15) is 11.3 Å². The van der Waals surface area contributed by atoms with Gasteiger partial charge in [-0.2, -0.15) is 0 Å². The first-order valence-corrected chi connectivity index (χ1v) is 11.7. The topological polar surface area (TPSA) is 62.6 Å². The first-order valence-electron chi connectivity index (χ1n) is 10.0. The summed E-state index contributed by atoms with van der Waals surface area (Å²) in [6, 6.07) is 24.6. The van der Waals surface area contributed by atoms with Gasteiger partial charge >= 0.3 is 0 Å². The number of fused-ring (bicyclic) bond motifs is 3. The fourth-order valence-electron chi connectivity index (χ4n) is 3.96. The lowest BCUT2D eigenvalue weighted by molar-refractivity contribution is -0.115. The number of benzene rings is 3. The van der Waals surface area contributed by atoms with Crippen molar-refractivity contribution in [2.75, 3.05) is 4.90 Å². The molecule has 156 valence electrons. The Morgan fingerprint density at radius 2 is 1.59 bits per heavy atom. The summed E-state index contributed by atoms with van der Waals surface area (Å²) < 4.78 is 6.16. The Bertz CT molecular complexity index is 1390. The van der Waals surface area contributed by atoms with E-state index in [0.717, 1.165) is 45.4 Å². The Morgan fingerprint density at radius 3 is 2.28 bits per heavy atom. The lowest BCUT2D eigenvalue weighted by Gasteiger charge is -2.32. The predicted molar refractivity (Wildman–Crippen MR) is 128 cm³/mol. The summed E-state index contributed by atoms with van der Waals surface area (Å²) in [5.41, 5.74) is 3.96. The van der Waals surface area contributed by atoms with Crippen molar-refractivity contribution >= 4 is 63.1 Å². The maximum Gasteiger partial charge on any atom is 0.290 e. The fourth-order valence-corrected chi connectivity index (χ4v) is 5.74. The predicted octanol–water partition coefficient (Wildman–Crippen LogP) is 6.56. The molecule has 2 aliphatic rings. The molecule has 3 aromatic carbocycles. The van der Waals surface area contributed by atoms with Gasteiger partial charge in [-0.3, -0.25) is 14.9 Å². The number of imide groups is 1. The Hall–Kier alpha value is -3.42. The summed E-state index contributed by atoms with van der Waals surface area (Å²) in [5.74, 6) is 0.498. The molecule has 1 N–H and O–H groups in total. The van der Waals surface area contributed by atoms with Crippen LogP contribution in [0.1, 0.15) is 11.3 Å². The van der Waals surface area contributed by atoms with Crippen molar-refractivity contribution in [2.24, 2.45) is 0 Å². The summed E-state index contributed by atoms with van der Waals surface area (Å²) in [6.45, 7) is 0.604. The van der Waals surface area contributed by atoms with E-state index in [4.69, 9.17) is 4.42 Å². The van der Waals surface area contributed by atoms with Gasteiger partial charge in [-0.25, -0.2) is 0 Å². The van der Waals surface area contributed by atoms with Gasteiger partial charge in [0.25, 0.3) is 11.1 Å². The molecule has 2 aliphatic heterocycles. The van der Waals surface area contributed by atoms with E-state index < -0.39 is 0 Å². The summed E-state index contributed by atoms with van der Waals surface area (Å²) in [7, 11) is 0. The molecule has 32 heavy (non-hydrogen) atoms. The molecule has 0 aliphatic carbocycles. The van der Waals surface area contributed by atoms with Gasteiger partial charge in [0.2, 0.25) is 0 Å². The van der Waals surface area contributed by atoms with Gasteiger partial charge in [-0.15, -0.1) is 0 Å². The number of thioether (sulfide) groups is 1. The quantitative estimate of drug-likeness (QED) is 0.352. The SMILES string of the molecule is O=C1NC(=O)/C(=C/c2ccc3oc(CN4c5ccccc5Sc5ccccc54)cc3c2)S1. The number of hydrogen-bond donors (Lipinski definition) is 1. The van der Waals surface area contributed by atoms with E-state index in [-0.39, 0.29) is 11.1 Å². The van der Waals surface area contributed by atoms with E-state index in [2.05, 4.69) is 58.7 Å². The highest BCUT2D eigenvalue weighted by Crippen LogP contribution is 2.48. The average Bonchev–Trinajstić information content (AvgIpc) is 3.34. The first-order chi connectivity index (χ1) is 15.6. The van der Waals surface area contributed by atoms with E-state index in [9.17, 15) is 9.59 Å². The van der Waals surface area contributed by atoms with Gasteiger partial charge in [-0.1, -0.05) is 42.1 Å². The second-order valence-corrected chi connectivity index (χ2v) is 9.58. The van der Waals surface area contributed by atoms with E-state index in [1.807, 2.05) is 24.3 Å². The van der Waals surface area contributed by atoms with E-state index in [1.165, 1.54) is 9.79 Å². The molecule has 1 fully saturated rings. The zero-order valence-electron chi connectivity index (χ0n) is 16.7. The van der Waals surface area contributed by atoms with Crippen molar-refractivity contribution < 1.29 is 14.0 Å². The average molecular weight is 457 g/mol. The van der Waals surface area contributed by atoms with E-state index >= 15 is 0 Å². The van der Waals surface area contributed by atoms with Crippen LogP contribution in [0.15, 0.2) is 91.9 Å². The third kappa shape index (κ3) is 3.39. The minimum absolute atomic E-state index is 0.340. The zero-order chi connectivity index (χ0) is 21.7. The Kier molecular flexibility index (Phi) is 4.59. The minimum atomic E-state index is -0.353. The summed E-state index contributed by atoms with van der Waals surface area (Å²) in [6.07, 6.45) is 1.73. The number of anilines is 2. The highest BCUT2D eigenvalue weighted by Gasteiger charge is 2.26. The Morgan fingerprint density at radius 1 is 0.875 bits per heavy atom. The number of nitrogens with zero attached hydrogens (tertiary/aromatic N) is 1. The van der Waals surface area contributed by atoms with Crippen LogP contribution in [0.25, 0.3) is 17.0 Å². The second kappa shape index (κ2) is 7.62. The Balaban J connectivity index is 1.35. The first kappa shape index (κ1) is 19.3. The Labute approximate surface area is 192 Å². The van der Waals surface area contributed by atoms with Gasteiger partial charge in [-0.05, 0) is 65.9 Å². The zero-order valence-corrected chi connectivity index (χ0v) is 18.3. The molecule has 4 aromatic rings. The molecule has 0 bridgehead atoms. The van der Waals surface area contributed by atoms with Gasteiger partial charge in [0, 0.05) is 15.2 Å². The molecular weight excluding hydrogens is 440 g/mol. The fraction of sp³-hybridized carbons (Fsp3) is 0.0400. The molecule has 0 unspecified atom stereocenters. The molecule has 1 aromatic heterocycles. The van der Waals surface area contributed by atoms with Crippen LogP contribution in [0.2, 0.25) is 0 Å². The highest BCUT2D eigenvalue weighted by atomic mass is 32.2. The van der Waals surface area contributed by atoms with Crippen molar-refractivity contribution in [3.8, 4) is 0 Å². The third-order valence-corrected chi connectivity index (χ3v) is 7.32. The monoisotopic (exact) mass is 456 g/mol. The highest BCUT2D eigenvalue weighted by molar-refractivity contribution is 8.18. The maximum atomic E-state index is 11.8. The van der Waals surface area contributed by atoms with Crippen LogP contribution < -0.4 is 10.2 Å². The van der Waals surface area contributed by atoms with Gasteiger partial charge in [0.05, 0.1) is 22.8 Å². The number of para-hydroxylation sites is 2. The van der Waals surface area contributed by atoms with Crippen LogP contribution in [-0.2, 0) is 11.3 Å². The molecule has 6 rings (SSSR count). The van der Waals surface area contributed by atoms with Crippen molar-refractivity contribution in [3.05, 3.63) is 89.0 Å².